The minimum atomic E-state index is -3.37. The van der Waals surface area contributed by atoms with E-state index < -0.39 is 10.0 Å². The normalized spacial score (nSPS) is 20.8. The summed E-state index contributed by atoms with van der Waals surface area (Å²) >= 11 is 0. The third kappa shape index (κ3) is 2.05. The summed E-state index contributed by atoms with van der Waals surface area (Å²) in [6.07, 6.45) is 2.83. The smallest absolute Gasteiger partial charge is 0.241 e. The number of hydrogen-bond donors (Lipinski definition) is 2. The molecule has 1 aromatic carbocycles. The number of rotatable bonds is 3. The van der Waals surface area contributed by atoms with Gasteiger partial charge in [-0.05, 0) is 43.9 Å². The highest BCUT2D eigenvalue weighted by Gasteiger charge is 2.41. The molecular formula is C12H20N2O2S. The van der Waals surface area contributed by atoms with E-state index in [9.17, 15) is 8.42 Å². The van der Waals surface area contributed by atoms with Crippen molar-refractivity contribution < 1.29 is 11.3 Å². The van der Waals surface area contributed by atoms with Crippen LogP contribution in [0.2, 0.25) is 0 Å². The molecule has 3 rings (SSSR count). The fourth-order valence-electron chi connectivity index (χ4n) is 2.11. The van der Waals surface area contributed by atoms with Crippen molar-refractivity contribution in [3.05, 3.63) is 23.8 Å². The molecule has 0 atom stereocenters. The van der Waals surface area contributed by atoms with Crippen molar-refractivity contribution in [2.45, 2.75) is 36.6 Å². The summed E-state index contributed by atoms with van der Waals surface area (Å²) < 4.78 is 27.1. The number of fused-ring (bicyclic) bond motifs is 1. The molecule has 0 radical (unpaired) electrons. The van der Waals surface area contributed by atoms with Crippen LogP contribution in [0, 0.1) is 0 Å². The predicted octanol–water partition coefficient (Wildman–Crippen LogP) is 1.98. The SMILES string of the molecule is CC1(NS(=O)(=O)c2ccc3c(c2)NCC3)CC1.[HH].[HH]. The Bertz CT molecular complexity index is 571. The van der Waals surface area contributed by atoms with Crippen LogP contribution in [0.5, 0.6) is 0 Å². The highest BCUT2D eigenvalue weighted by molar-refractivity contribution is 7.89. The van der Waals surface area contributed by atoms with E-state index in [4.69, 9.17) is 0 Å². The van der Waals surface area contributed by atoms with Gasteiger partial charge < -0.3 is 5.32 Å². The molecule has 1 saturated carbocycles. The Hall–Kier alpha value is -1.07. The quantitative estimate of drug-likeness (QED) is 0.869. The van der Waals surface area contributed by atoms with Crippen LogP contribution in [0.1, 0.15) is 28.2 Å². The molecule has 1 aromatic rings. The van der Waals surface area contributed by atoms with Crippen LogP contribution < -0.4 is 10.0 Å². The van der Waals surface area contributed by atoms with Crippen LogP contribution in [-0.4, -0.2) is 20.5 Å². The molecule has 0 amide bonds. The number of benzene rings is 1. The number of hydrogen-bond acceptors (Lipinski definition) is 3. The standard InChI is InChI=1S/C12H16N2O2S.2H2/c1-12(5-6-12)14-17(15,16)10-3-2-9-4-7-13-11(9)8-10;;/h2-3,8,13-14H,4-7H2,1H3;2*1H. The van der Waals surface area contributed by atoms with Crippen LogP contribution in [0.25, 0.3) is 0 Å². The third-order valence-electron chi connectivity index (χ3n) is 3.48. The van der Waals surface area contributed by atoms with Gasteiger partial charge in [-0.15, -0.1) is 0 Å². The van der Waals surface area contributed by atoms with Gasteiger partial charge in [0.2, 0.25) is 10.0 Å². The van der Waals surface area contributed by atoms with Gasteiger partial charge >= 0.3 is 0 Å². The Kier molecular flexibility index (Phi) is 2.25. The van der Waals surface area contributed by atoms with Crippen molar-refractivity contribution >= 4 is 15.7 Å². The molecular weight excluding hydrogens is 236 g/mol. The first-order chi connectivity index (χ1) is 7.99. The minimum Gasteiger partial charge on any atom is -0.384 e. The average molecular weight is 256 g/mol. The van der Waals surface area contributed by atoms with E-state index >= 15 is 0 Å². The molecule has 0 aromatic heterocycles. The summed E-state index contributed by atoms with van der Waals surface area (Å²) in [5.41, 5.74) is 1.93. The molecule has 0 spiro atoms. The van der Waals surface area contributed by atoms with E-state index in [1.165, 1.54) is 5.56 Å². The van der Waals surface area contributed by atoms with Crippen LogP contribution in [0.15, 0.2) is 23.1 Å². The van der Waals surface area contributed by atoms with Gasteiger partial charge in [-0.2, -0.15) is 0 Å². The van der Waals surface area contributed by atoms with Crippen LogP contribution in [-0.2, 0) is 16.4 Å². The Labute approximate surface area is 104 Å². The van der Waals surface area contributed by atoms with Gasteiger partial charge in [0, 0.05) is 20.6 Å². The molecule has 2 aliphatic rings. The van der Waals surface area contributed by atoms with E-state index in [0.29, 0.717) is 4.90 Å². The lowest BCUT2D eigenvalue weighted by Crippen LogP contribution is -2.34. The Morgan fingerprint density at radius 1 is 1.41 bits per heavy atom. The van der Waals surface area contributed by atoms with E-state index in [0.717, 1.165) is 31.5 Å². The van der Waals surface area contributed by atoms with E-state index in [2.05, 4.69) is 10.0 Å². The van der Waals surface area contributed by atoms with Gasteiger partial charge in [0.05, 0.1) is 4.90 Å². The van der Waals surface area contributed by atoms with E-state index in [1.54, 1.807) is 12.1 Å². The zero-order valence-corrected chi connectivity index (χ0v) is 10.6. The lowest BCUT2D eigenvalue weighted by atomic mass is 10.2. The zero-order valence-electron chi connectivity index (χ0n) is 9.79. The summed E-state index contributed by atoms with van der Waals surface area (Å²) in [6, 6.07) is 5.33. The van der Waals surface area contributed by atoms with Gasteiger partial charge in [-0.1, -0.05) is 6.07 Å². The van der Waals surface area contributed by atoms with E-state index in [1.807, 2.05) is 13.0 Å². The third-order valence-corrected chi connectivity index (χ3v) is 5.12. The van der Waals surface area contributed by atoms with Crippen molar-refractivity contribution in [3.8, 4) is 0 Å². The molecule has 0 bridgehead atoms. The molecule has 2 N–H and O–H groups in total. The van der Waals surface area contributed by atoms with Crippen molar-refractivity contribution in [2.75, 3.05) is 11.9 Å². The van der Waals surface area contributed by atoms with Gasteiger partial charge in [0.1, 0.15) is 0 Å². The number of anilines is 1. The Morgan fingerprint density at radius 2 is 2.18 bits per heavy atom. The summed E-state index contributed by atoms with van der Waals surface area (Å²) in [5.74, 6) is 0. The Balaban J connectivity index is 0.000000902. The van der Waals surface area contributed by atoms with Crippen LogP contribution in [0.3, 0.4) is 0 Å². The molecule has 1 aliphatic carbocycles. The van der Waals surface area contributed by atoms with Crippen molar-refractivity contribution in [1.29, 1.82) is 0 Å². The maximum Gasteiger partial charge on any atom is 0.241 e. The summed E-state index contributed by atoms with van der Waals surface area (Å²) in [5, 5.41) is 3.20. The van der Waals surface area contributed by atoms with Gasteiger partial charge in [0.25, 0.3) is 0 Å². The fraction of sp³-hybridized carbons (Fsp3) is 0.500. The molecule has 96 valence electrons. The van der Waals surface area contributed by atoms with Gasteiger partial charge in [-0.25, -0.2) is 13.1 Å². The lowest BCUT2D eigenvalue weighted by molar-refractivity contribution is 0.558. The molecule has 1 heterocycles. The largest absolute Gasteiger partial charge is 0.384 e. The second-order valence-corrected chi connectivity index (χ2v) is 6.84. The molecule has 0 unspecified atom stereocenters. The minimum absolute atomic E-state index is 0. The van der Waals surface area contributed by atoms with Crippen molar-refractivity contribution in [1.82, 2.24) is 4.72 Å². The number of sulfonamides is 1. The average Bonchev–Trinajstić information content (AvgIpc) is 2.81. The maximum absolute atomic E-state index is 12.1. The topological polar surface area (TPSA) is 58.2 Å². The molecule has 5 heteroatoms. The fourth-order valence-corrected chi connectivity index (χ4v) is 3.60. The second kappa shape index (κ2) is 3.46. The van der Waals surface area contributed by atoms with Gasteiger partial charge in [-0.3, -0.25) is 0 Å². The van der Waals surface area contributed by atoms with Crippen LogP contribution >= 0.6 is 0 Å². The molecule has 1 fully saturated rings. The van der Waals surface area contributed by atoms with Crippen molar-refractivity contribution in [2.24, 2.45) is 0 Å². The first kappa shape index (κ1) is 11.0. The van der Waals surface area contributed by atoms with Crippen molar-refractivity contribution in [3.63, 3.8) is 0 Å². The lowest BCUT2D eigenvalue weighted by Gasteiger charge is -2.13. The monoisotopic (exact) mass is 256 g/mol. The second-order valence-electron chi connectivity index (χ2n) is 5.16. The highest BCUT2D eigenvalue weighted by Crippen LogP contribution is 2.36. The summed E-state index contributed by atoms with van der Waals surface area (Å²) in [4.78, 5) is 0.360. The summed E-state index contributed by atoms with van der Waals surface area (Å²) in [6.45, 7) is 2.83. The highest BCUT2D eigenvalue weighted by atomic mass is 32.2. The molecule has 17 heavy (non-hydrogen) atoms. The molecule has 4 nitrogen and oxygen atoms in total. The van der Waals surface area contributed by atoms with Crippen LogP contribution in [0.4, 0.5) is 5.69 Å². The summed E-state index contributed by atoms with van der Waals surface area (Å²) in [7, 11) is -3.37. The first-order valence-corrected chi connectivity index (χ1v) is 7.38. The first-order valence-electron chi connectivity index (χ1n) is 5.89. The van der Waals surface area contributed by atoms with E-state index in [-0.39, 0.29) is 8.39 Å². The number of nitrogens with one attached hydrogen (secondary N) is 2. The maximum atomic E-state index is 12.1. The zero-order chi connectivity index (χ0) is 12.1. The predicted molar refractivity (Wildman–Crippen MR) is 70.8 cm³/mol. The van der Waals surface area contributed by atoms with Gasteiger partial charge in [0.15, 0.2) is 0 Å². The molecule has 1 aliphatic heterocycles. The Morgan fingerprint density at radius 3 is 2.88 bits per heavy atom. The molecule has 0 saturated heterocycles.